The Morgan fingerprint density at radius 1 is 1.21 bits per heavy atom. The van der Waals surface area contributed by atoms with Crippen LogP contribution in [-0.2, 0) is 6.54 Å². The number of imidazole rings is 1. The van der Waals surface area contributed by atoms with Crippen LogP contribution in [0.1, 0.15) is 11.5 Å². The molecule has 2 rings (SSSR count). The van der Waals surface area contributed by atoms with E-state index in [0.717, 1.165) is 28.5 Å². The first-order chi connectivity index (χ1) is 9.19. The molecule has 0 saturated carbocycles. The van der Waals surface area contributed by atoms with Gasteiger partial charge in [0.2, 0.25) is 0 Å². The summed E-state index contributed by atoms with van der Waals surface area (Å²) in [6.45, 7) is 2.73. The normalized spacial score (nSPS) is 10.5. The van der Waals surface area contributed by atoms with Crippen LogP contribution >= 0.6 is 0 Å². The van der Waals surface area contributed by atoms with Crippen molar-refractivity contribution in [3.63, 3.8) is 0 Å². The van der Waals surface area contributed by atoms with Crippen molar-refractivity contribution in [3.8, 4) is 22.8 Å². The van der Waals surface area contributed by atoms with Gasteiger partial charge in [0.1, 0.15) is 5.82 Å². The maximum Gasteiger partial charge on any atom is 0.161 e. The fourth-order valence-electron chi connectivity index (χ4n) is 2.04. The predicted octanol–water partition coefficient (Wildman–Crippen LogP) is 2.12. The Hall–Kier alpha value is -2.01. The number of aromatic amines is 1. The van der Waals surface area contributed by atoms with Crippen molar-refractivity contribution in [2.75, 3.05) is 21.3 Å². The Labute approximate surface area is 113 Å². The zero-order valence-electron chi connectivity index (χ0n) is 11.7. The highest BCUT2D eigenvalue weighted by Crippen LogP contribution is 2.32. The van der Waals surface area contributed by atoms with Crippen molar-refractivity contribution in [1.29, 1.82) is 0 Å². The average molecular weight is 261 g/mol. The van der Waals surface area contributed by atoms with Gasteiger partial charge in [0, 0.05) is 11.3 Å². The molecule has 0 aliphatic rings. The average Bonchev–Trinajstić information content (AvgIpc) is 2.79. The van der Waals surface area contributed by atoms with E-state index in [0.29, 0.717) is 12.3 Å². The van der Waals surface area contributed by atoms with E-state index in [2.05, 4.69) is 15.3 Å². The maximum absolute atomic E-state index is 5.32. The molecule has 0 fully saturated rings. The van der Waals surface area contributed by atoms with Crippen LogP contribution in [0.25, 0.3) is 11.3 Å². The zero-order valence-corrected chi connectivity index (χ0v) is 11.7. The number of hydrogen-bond donors (Lipinski definition) is 2. The first-order valence-corrected chi connectivity index (χ1v) is 6.12. The van der Waals surface area contributed by atoms with Gasteiger partial charge < -0.3 is 19.8 Å². The van der Waals surface area contributed by atoms with Crippen LogP contribution in [0.2, 0.25) is 0 Å². The molecule has 0 aliphatic heterocycles. The predicted molar refractivity (Wildman–Crippen MR) is 74.6 cm³/mol. The third-order valence-corrected chi connectivity index (χ3v) is 2.93. The molecule has 5 heteroatoms. The summed E-state index contributed by atoms with van der Waals surface area (Å²) in [7, 11) is 5.15. The van der Waals surface area contributed by atoms with Gasteiger partial charge in [0.25, 0.3) is 0 Å². The van der Waals surface area contributed by atoms with E-state index in [1.807, 2.05) is 32.2 Å². The van der Waals surface area contributed by atoms with Crippen LogP contribution in [0.4, 0.5) is 0 Å². The van der Waals surface area contributed by atoms with Crippen molar-refractivity contribution in [1.82, 2.24) is 15.3 Å². The van der Waals surface area contributed by atoms with E-state index in [1.54, 1.807) is 14.2 Å². The number of hydrogen-bond acceptors (Lipinski definition) is 4. The van der Waals surface area contributed by atoms with Gasteiger partial charge in [-0.15, -0.1) is 0 Å². The number of H-pyrrole nitrogens is 1. The van der Waals surface area contributed by atoms with Crippen molar-refractivity contribution in [2.24, 2.45) is 0 Å². The number of nitrogens with zero attached hydrogens (tertiary/aromatic N) is 1. The smallest absolute Gasteiger partial charge is 0.161 e. The lowest BCUT2D eigenvalue weighted by atomic mass is 10.1. The zero-order chi connectivity index (χ0) is 13.8. The number of aryl methyl sites for hydroxylation is 1. The van der Waals surface area contributed by atoms with Gasteiger partial charge in [-0.1, -0.05) is 0 Å². The maximum atomic E-state index is 5.32. The molecule has 1 aromatic heterocycles. The lowest BCUT2D eigenvalue weighted by molar-refractivity contribution is 0.355. The summed E-state index contributed by atoms with van der Waals surface area (Å²) in [5.74, 6) is 2.34. The van der Waals surface area contributed by atoms with Gasteiger partial charge in [-0.3, -0.25) is 0 Å². The molecule has 0 atom stereocenters. The molecule has 1 aromatic carbocycles. The number of nitrogens with one attached hydrogen (secondary N) is 2. The molecule has 2 aromatic rings. The number of benzene rings is 1. The van der Waals surface area contributed by atoms with E-state index in [-0.39, 0.29) is 0 Å². The summed E-state index contributed by atoms with van der Waals surface area (Å²) >= 11 is 0. The van der Waals surface area contributed by atoms with Crippen molar-refractivity contribution in [2.45, 2.75) is 13.5 Å². The third-order valence-electron chi connectivity index (χ3n) is 2.93. The Morgan fingerprint density at radius 3 is 2.58 bits per heavy atom. The van der Waals surface area contributed by atoms with Crippen molar-refractivity contribution >= 4 is 0 Å². The third kappa shape index (κ3) is 2.71. The number of methoxy groups -OCH3 is 2. The first kappa shape index (κ1) is 13.4. The van der Waals surface area contributed by atoms with Gasteiger partial charge in [-0.05, 0) is 32.2 Å². The summed E-state index contributed by atoms with van der Waals surface area (Å²) in [5, 5.41) is 3.08. The molecule has 0 unspecified atom stereocenters. The monoisotopic (exact) mass is 261 g/mol. The number of rotatable bonds is 5. The summed E-state index contributed by atoms with van der Waals surface area (Å²) in [5.41, 5.74) is 2.98. The standard InChI is InChI=1S/C14H19N3O2/c1-9-14(17-13(16-9)8-15-2)10-5-6-11(18-3)12(7-10)19-4/h5-7,15H,8H2,1-4H3,(H,16,17). The highest BCUT2D eigenvalue weighted by molar-refractivity contribution is 5.66. The van der Waals surface area contributed by atoms with Gasteiger partial charge in [0.15, 0.2) is 11.5 Å². The first-order valence-electron chi connectivity index (χ1n) is 6.12. The van der Waals surface area contributed by atoms with Crippen molar-refractivity contribution in [3.05, 3.63) is 29.7 Å². The van der Waals surface area contributed by atoms with Gasteiger partial charge in [-0.2, -0.15) is 0 Å². The lowest BCUT2D eigenvalue weighted by Crippen LogP contribution is -2.06. The molecule has 0 amide bonds. The molecule has 5 nitrogen and oxygen atoms in total. The molecule has 0 radical (unpaired) electrons. The van der Waals surface area contributed by atoms with Crippen LogP contribution in [-0.4, -0.2) is 31.2 Å². The Balaban J connectivity index is 2.41. The molecule has 0 bridgehead atoms. The minimum Gasteiger partial charge on any atom is -0.493 e. The van der Waals surface area contributed by atoms with E-state index in [1.165, 1.54) is 0 Å². The van der Waals surface area contributed by atoms with Crippen LogP contribution in [0.3, 0.4) is 0 Å². The van der Waals surface area contributed by atoms with Gasteiger partial charge >= 0.3 is 0 Å². The Kier molecular flexibility index (Phi) is 4.06. The Morgan fingerprint density at radius 2 is 1.95 bits per heavy atom. The van der Waals surface area contributed by atoms with E-state index < -0.39 is 0 Å². The topological polar surface area (TPSA) is 59.2 Å². The van der Waals surface area contributed by atoms with Crippen LogP contribution in [0.5, 0.6) is 11.5 Å². The summed E-state index contributed by atoms with van der Waals surface area (Å²) in [4.78, 5) is 7.85. The molecule has 19 heavy (non-hydrogen) atoms. The second-order valence-corrected chi connectivity index (χ2v) is 4.26. The van der Waals surface area contributed by atoms with Gasteiger partial charge in [-0.25, -0.2) is 4.98 Å². The molecule has 0 aliphatic carbocycles. The van der Waals surface area contributed by atoms with E-state index in [4.69, 9.17) is 9.47 Å². The molecule has 0 saturated heterocycles. The highest BCUT2D eigenvalue weighted by Gasteiger charge is 2.11. The summed E-state index contributed by atoms with van der Waals surface area (Å²) in [6, 6.07) is 5.80. The largest absolute Gasteiger partial charge is 0.493 e. The molecule has 102 valence electrons. The minimum atomic E-state index is 0.706. The number of aromatic nitrogens is 2. The van der Waals surface area contributed by atoms with E-state index in [9.17, 15) is 0 Å². The quantitative estimate of drug-likeness (QED) is 0.865. The Bertz CT molecular complexity index is 564. The van der Waals surface area contributed by atoms with Crippen molar-refractivity contribution < 1.29 is 9.47 Å². The molecular weight excluding hydrogens is 242 g/mol. The molecule has 0 spiro atoms. The van der Waals surface area contributed by atoms with Crippen LogP contribution < -0.4 is 14.8 Å². The second kappa shape index (κ2) is 5.75. The molecule has 2 N–H and O–H groups in total. The van der Waals surface area contributed by atoms with E-state index >= 15 is 0 Å². The van der Waals surface area contributed by atoms with Crippen LogP contribution in [0, 0.1) is 6.92 Å². The summed E-state index contributed by atoms with van der Waals surface area (Å²) < 4.78 is 10.6. The molecule has 1 heterocycles. The SMILES string of the molecule is CNCc1nc(-c2ccc(OC)c(OC)c2)c(C)[nH]1. The summed E-state index contributed by atoms with van der Waals surface area (Å²) in [6.07, 6.45) is 0. The molecular formula is C14H19N3O2. The fraction of sp³-hybridized carbons (Fsp3) is 0.357. The second-order valence-electron chi connectivity index (χ2n) is 4.26. The highest BCUT2D eigenvalue weighted by atomic mass is 16.5. The van der Waals surface area contributed by atoms with Gasteiger partial charge in [0.05, 0.1) is 26.5 Å². The lowest BCUT2D eigenvalue weighted by Gasteiger charge is -2.08. The minimum absolute atomic E-state index is 0.706. The fourth-order valence-corrected chi connectivity index (χ4v) is 2.04. The van der Waals surface area contributed by atoms with Crippen LogP contribution in [0.15, 0.2) is 18.2 Å². The number of ether oxygens (including phenoxy) is 2.